The number of hydrogen-bond donors (Lipinski definition) is 2. The van der Waals surface area contributed by atoms with E-state index in [0.29, 0.717) is 6.42 Å². The van der Waals surface area contributed by atoms with Gasteiger partial charge in [0.15, 0.2) is 5.58 Å². The van der Waals surface area contributed by atoms with Crippen LogP contribution in [-0.2, 0) is 6.42 Å². The molecule has 0 spiro atoms. The van der Waals surface area contributed by atoms with Gasteiger partial charge < -0.3 is 15.5 Å². The van der Waals surface area contributed by atoms with E-state index in [-0.39, 0.29) is 5.84 Å². The highest BCUT2D eigenvalue weighted by Gasteiger charge is 2.05. The molecule has 0 aliphatic rings. The first-order valence-corrected chi connectivity index (χ1v) is 4.52. The molecule has 2 aromatic rings. The number of nitrogens with two attached hydrogens (primary N) is 1. The van der Waals surface area contributed by atoms with Gasteiger partial charge in [0.05, 0.1) is 5.69 Å². The summed E-state index contributed by atoms with van der Waals surface area (Å²) in [6.45, 7) is 1.87. The second kappa shape index (κ2) is 3.61. The number of aryl methyl sites for hydroxylation is 1. The van der Waals surface area contributed by atoms with Crippen LogP contribution in [0.3, 0.4) is 0 Å². The topological polar surface area (TPSA) is 84.6 Å². The van der Waals surface area contributed by atoms with Crippen molar-refractivity contribution in [2.24, 2.45) is 10.9 Å². The quantitative estimate of drug-likeness (QED) is 0.336. The predicted molar refractivity (Wildman–Crippen MR) is 55.9 cm³/mol. The number of benzene rings is 1. The molecular weight excluding hydrogens is 194 g/mol. The van der Waals surface area contributed by atoms with E-state index in [0.717, 1.165) is 22.2 Å². The molecule has 0 aliphatic heterocycles. The van der Waals surface area contributed by atoms with Crippen LogP contribution in [0.1, 0.15) is 11.3 Å². The molecule has 78 valence electrons. The normalized spacial score (nSPS) is 12.2. The van der Waals surface area contributed by atoms with Gasteiger partial charge in [0.1, 0.15) is 5.84 Å². The SMILES string of the molecule is Cc1noc2ccc(C/C(N)=N/O)cc12. The summed E-state index contributed by atoms with van der Waals surface area (Å²) in [6.07, 6.45) is 0.414. The molecule has 0 saturated carbocycles. The molecule has 0 radical (unpaired) electrons. The van der Waals surface area contributed by atoms with Gasteiger partial charge in [0, 0.05) is 11.8 Å². The third-order valence-corrected chi connectivity index (χ3v) is 2.23. The molecule has 0 amide bonds. The van der Waals surface area contributed by atoms with Crippen molar-refractivity contribution >= 4 is 16.8 Å². The Hall–Kier alpha value is -2.04. The van der Waals surface area contributed by atoms with Crippen LogP contribution in [0.5, 0.6) is 0 Å². The highest BCUT2D eigenvalue weighted by atomic mass is 16.5. The van der Waals surface area contributed by atoms with Crippen LogP contribution >= 0.6 is 0 Å². The Morgan fingerprint density at radius 1 is 1.60 bits per heavy atom. The minimum Gasteiger partial charge on any atom is -0.409 e. The second-order valence-corrected chi connectivity index (χ2v) is 3.37. The number of rotatable bonds is 2. The Bertz CT molecular complexity index is 516. The van der Waals surface area contributed by atoms with E-state index in [1.54, 1.807) is 0 Å². The number of amidine groups is 1. The lowest BCUT2D eigenvalue weighted by molar-refractivity contribution is 0.317. The van der Waals surface area contributed by atoms with Crippen LogP contribution in [0.2, 0.25) is 0 Å². The standard InChI is InChI=1S/C10H11N3O2/c1-6-8-4-7(5-10(11)12-14)2-3-9(8)15-13-6/h2-4,14H,5H2,1H3,(H2,11,12). The molecule has 0 unspecified atom stereocenters. The van der Waals surface area contributed by atoms with Gasteiger partial charge in [0.25, 0.3) is 0 Å². The Balaban J connectivity index is 2.41. The van der Waals surface area contributed by atoms with Crippen molar-refractivity contribution < 1.29 is 9.73 Å². The van der Waals surface area contributed by atoms with Crippen molar-refractivity contribution in [2.45, 2.75) is 13.3 Å². The molecule has 1 aromatic heterocycles. The molecule has 3 N–H and O–H groups in total. The molecule has 2 rings (SSSR count). The van der Waals surface area contributed by atoms with E-state index < -0.39 is 0 Å². The summed E-state index contributed by atoms with van der Waals surface area (Å²) in [7, 11) is 0. The lowest BCUT2D eigenvalue weighted by Crippen LogP contribution is -2.14. The van der Waals surface area contributed by atoms with Gasteiger partial charge in [-0.2, -0.15) is 0 Å². The van der Waals surface area contributed by atoms with E-state index in [2.05, 4.69) is 10.3 Å². The molecule has 5 nitrogen and oxygen atoms in total. The number of oxime groups is 1. The highest BCUT2D eigenvalue weighted by molar-refractivity contribution is 5.85. The largest absolute Gasteiger partial charge is 0.409 e. The Morgan fingerprint density at radius 2 is 2.40 bits per heavy atom. The summed E-state index contributed by atoms with van der Waals surface area (Å²) in [5.74, 6) is 0.184. The lowest BCUT2D eigenvalue weighted by Gasteiger charge is -1.98. The van der Waals surface area contributed by atoms with Gasteiger partial charge in [-0.25, -0.2) is 0 Å². The fraction of sp³-hybridized carbons (Fsp3) is 0.200. The zero-order valence-electron chi connectivity index (χ0n) is 8.27. The van der Waals surface area contributed by atoms with Crippen molar-refractivity contribution in [1.29, 1.82) is 0 Å². The average molecular weight is 205 g/mol. The lowest BCUT2D eigenvalue weighted by atomic mass is 10.1. The molecule has 15 heavy (non-hydrogen) atoms. The second-order valence-electron chi connectivity index (χ2n) is 3.37. The van der Waals surface area contributed by atoms with Crippen LogP contribution in [0, 0.1) is 6.92 Å². The van der Waals surface area contributed by atoms with Crippen molar-refractivity contribution in [3.8, 4) is 0 Å². The molecule has 0 bridgehead atoms. The molecule has 0 fully saturated rings. The van der Waals surface area contributed by atoms with E-state index in [4.69, 9.17) is 15.5 Å². The maximum absolute atomic E-state index is 8.46. The summed E-state index contributed by atoms with van der Waals surface area (Å²) in [6, 6.07) is 5.62. The highest BCUT2D eigenvalue weighted by Crippen LogP contribution is 2.19. The molecule has 0 aliphatic carbocycles. The van der Waals surface area contributed by atoms with Crippen LogP contribution in [-0.4, -0.2) is 16.2 Å². The summed E-state index contributed by atoms with van der Waals surface area (Å²) in [5.41, 5.74) is 7.97. The Labute approximate surface area is 86.2 Å². The number of nitrogens with zero attached hydrogens (tertiary/aromatic N) is 2. The monoisotopic (exact) mass is 205 g/mol. The third-order valence-electron chi connectivity index (χ3n) is 2.23. The van der Waals surface area contributed by atoms with Gasteiger partial charge in [-0.05, 0) is 24.6 Å². The predicted octanol–water partition coefficient (Wildman–Crippen LogP) is 1.43. The minimum atomic E-state index is 0.184. The van der Waals surface area contributed by atoms with Gasteiger partial charge in [-0.15, -0.1) is 0 Å². The van der Waals surface area contributed by atoms with Crippen LogP contribution in [0.25, 0.3) is 11.0 Å². The summed E-state index contributed by atoms with van der Waals surface area (Å²) in [5, 5.41) is 16.2. The van der Waals surface area contributed by atoms with E-state index in [9.17, 15) is 0 Å². The van der Waals surface area contributed by atoms with Gasteiger partial charge in [-0.1, -0.05) is 16.4 Å². The molecule has 1 heterocycles. The third kappa shape index (κ3) is 1.76. The first-order valence-electron chi connectivity index (χ1n) is 4.52. The molecular formula is C10H11N3O2. The van der Waals surface area contributed by atoms with E-state index >= 15 is 0 Å². The van der Waals surface area contributed by atoms with Gasteiger partial charge in [-0.3, -0.25) is 0 Å². The van der Waals surface area contributed by atoms with E-state index in [1.165, 1.54) is 0 Å². The van der Waals surface area contributed by atoms with Crippen LogP contribution < -0.4 is 5.73 Å². The maximum Gasteiger partial charge on any atom is 0.167 e. The minimum absolute atomic E-state index is 0.184. The summed E-state index contributed by atoms with van der Waals surface area (Å²) >= 11 is 0. The number of fused-ring (bicyclic) bond motifs is 1. The van der Waals surface area contributed by atoms with Gasteiger partial charge >= 0.3 is 0 Å². The smallest absolute Gasteiger partial charge is 0.167 e. The van der Waals surface area contributed by atoms with Crippen LogP contribution in [0.15, 0.2) is 27.9 Å². The van der Waals surface area contributed by atoms with Gasteiger partial charge in [0.2, 0.25) is 0 Å². The van der Waals surface area contributed by atoms with Crippen molar-refractivity contribution in [3.63, 3.8) is 0 Å². The number of aromatic nitrogens is 1. The van der Waals surface area contributed by atoms with Crippen molar-refractivity contribution in [3.05, 3.63) is 29.5 Å². The van der Waals surface area contributed by atoms with E-state index in [1.807, 2.05) is 25.1 Å². The first-order chi connectivity index (χ1) is 7.20. The number of hydrogen-bond acceptors (Lipinski definition) is 4. The zero-order chi connectivity index (χ0) is 10.8. The zero-order valence-corrected chi connectivity index (χ0v) is 8.27. The Morgan fingerprint density at radius 3 is 3.13 bits per heavy atom. The molecule has 0 atom stereocenters. The summed E-state index contributed by atoms with van der Waals surface area (Å²) in [4.78, 5) is 0. The molecule has 0 saturated heterocycles. The van der Waals surface area contributed by atoms with Crippen LogP contribution in [0.4, 0.5) is 0 Å². The van der Waals surface area contributed by atoms with Crippen molar-refractivity contribution in [1.82, 2.24) is 5.16 Å². The maximum atomic E-state index is 8.46. The summed E-state index contributed by atoms with van der Waals surface area (Å²) < 4.78 is 5.07. The average Bonchev–Trinajstić information content (AvgIpc) is 2.60. The first kappa shape index (κ1) is 9.51. The van der Waals surface area contributed by atoms with Crippen molar-refractivity contribution in [2.75, 3.05) is 0 Å². The molecule has 1 aromatic carbocycles. The fourth-order valence-electron chi connectivity index (χ4n) is 1.46. The Kier molecular flexibility index (Phi) is 2.29. The fourth-order valence-corrected chi connectivity index (χ4v) is 1.46. The molecule has 5 heteroatoms.